The van der Waals surface area contributed by atoms with E-state index in [9.17, 15) is 9.18 Å². The molecule has 1 aliphatic rings. The molecular weight excluding hydrogens is 345 g/mol. The highest BCUT2D eigenvalue weighted by atomic mass is 19.1. The number of ether oxygens (including phenoxy) is 3. The Bertz CT molecular complexity index is 611. The minimum absolute atomic E-state index is 0.185. The first kappa shape index (κ1) is 20.1. The molecule has 1 N–H and O–H groups in total. The second-order valence-corrected chi connectivity index (χ2v) is 6.23. The van der Waals surface area contributed by atoms with Crippen LogP contribution in [0.3, 0.4) is 0 Å². The van der Waals surface area contributed by atoms with Crippen LogP contribution in [0.25, 0.3) is 0 Å². The normalized spacial score (nSPS) is 23.5. The summed E-state index contributed by atoms with van der Waals surface area (Å²) in [5.74, 6) is -1.62. The Balaban J connectivity index is 1.59. The van der Waals surface area contributed by atoms with Gasteiger partial charge in [-0.05, 0) is 43.9 Å². The summed E-state index contributed by atoms with van der Waals surface area (Å²) in [5.41, 5.74) is 1.51. The molecule has 8 heteroatoms. The van der Waals surface area contributed by atoms with Crippen molar-refractivity contribution in [3.05, 3.63) is 35.6 Å². The van der Waals surface area contributed by atoms with Crippen LogP contribution in [0.5, 0.6) is 0 Å². The first-order valence-corrected chi connectivity index (χ1v) is 8.50. The van der Waals surface area contributed by atoms with Crippen molar-refractivity contribution in [1.29, 1.82) is 0 Å². The predicted molar refractivity (Wildman–Crippen MR) is 91.3 cm³/mol. The van der Waals surface area contributed by atoms with Gasteiger partial charge in [-0.2, -0.15) is 0 Å². The summed E-state index contributed by atoms with van der Waals surface area (Å²) in [6.07, 6.45) is 1.16. The number of carbonyl (C=O) groups is 1. The van der Waals surface area contributed by atoms with Gasteiger partial charge in [0.05, 0.1) is 18.9 Å². The number of hydrogen-bond acceptors (Lipinski definition) is 6. The van der Waals surface area contributed by atoms with Crippen LogP contribution in [0, 0.1) is 11.7 Å². The fraction of sp³-hybridized carbons (Fsp3) is 0.556. The molecular formula is C18H24FNO6. The highest BCUT2D eigenvalue weighted by Gasteiger charge is 2.36. The molecule has 0 radical (unpaired) electrons. The zero-order valence-electron chi connectivity index (χ0n) is 14.9. The average Bonchev–Trinajstić information content (AvgIpc) is 2.59. The van der Waals surface area contributed by atoms with Gasteiger partial charge in [0.2, 0.25) is 0 Å². The van der Waals surface area contributed by atoms with E-state index in [-0.39, 0.29) is 11.7 Å². The Labute approximate surface area is 151 Å². The van der Waals surface area contributed by atoms with Crippen LogP contribution in [0.4, 0.5) is 9.18 Å². The molecule has 0 aromatic heterocycles. The van der Waals surface area contributed by atoms with Crippen molar-refractivity contribution in [3.63, 3.8) is 0 Å². The van der Waals surface area contributed by atoms with E-state index in [0.29, 0.717) is 25.5 Å². The quantitative estimate of drug-likeness (QED) is 0.325. The second kappa shape index (κ2) is 9.49. The third-order valence-corrected chi connectivity index (χ3v) is 4.00. The van der Waals surface area contributed by atoms with E-state index >= 15 is 0 Å². The average molecular weight is 369 g/mol. The van der Waals surface area contributed by atoms with Gasteiger partial charge >= 0.3 is 12.1 Å². The maximum absolute atomic E-state index is 12.9. The molecule has 1 heterocycles. The van der Waals surface area contributed by atoms with Gasteiger partial charge in [-0.3, -0.25) is 0 Å². The predicted octanol–water partition coefficient (Wildman–Crippen LogP) is 3.77. The first-order chi connectivity index (χ1) is 12.4. The standard InChI is InChI=1S/C18H24FNO6/c1-13(15-6-8-16(19)9-7-15)20-25-10-4-3-5-14-11-23-18(2,24-12-14)26-17(21)22/h6-9,14H,3-5,10-12H2,1-2H3,(H,21,22). The number of rotatable bonds is 8. The molecule has 1 aliphatic heterocycles. The van der Waals surface area contributed by atoms with Gasteiger partial charge in [-0.25, -0.2) is 9.18 Å². The summed E-state index contributed by atoms with van der Waals surface area (Å²) in [6, 6.07) is 6.08. The molecule has 2 rings (SSSR count). The maximum Gasteiger partial charge on any atom is 0.510 e. The third-order valence-electron chi connectivity index (χ3n) is 4.00. The van der Waals surface area contributed by atoms with Gasteiger partial charge in [-0.1, -0.05) is 17.3 Å². The van der Waals surface area contributed by atoms with Crippen LogP contribution >= 0.6 is 0 Å². The van der Waals surface area contributed by atoms with Crippen molar-refractivity contribution in [2.45, 2.75) is 39.1 Å². The molecule has 0 bridgehead atoms. The van der Waals surface area contributed by atoms with E-state index in [0.717, 1.165) is 24.8 Å². The first-order valence-electron chi connectivity index (χ1n) is 8.50. The molecule has 0 spiro atoms. The number of halogens is 1. The molecule has 1 aromatic rings. The third kappa shape index (κ3) is 6.61. The zero-order valence-corrected chi connectivity index (χ0v) is 14.9. The lowest BCUT2D eigenvalue weighted by atomic mass is 10.0. The Morgan fingerprint density at radius 1 is 1.31 bits per heavy atom. The SMILES string of the molecule is CC(=NOCCCCC1COC(C)(OC(=O)O)OC1)c1ccc(F)cc1. The molecule has 26 heavy (non-hydrogen) atoms. The van der Waals surface area contributed by atoms with E-state index < -0.39 is 12.1 Å². The summed E-state index contributed by atoms with van der Waals surface area (Å²) in [4.78, 5) is 15.8. The van der Waals surface area contributed by atoms with Crippen LogP contribution in [0.15, 0.2) is 29.4 Å². The van der Waals surface area contributed by atoms with Gasteiger partial charge in [0.1, 0.15) is 12.4 Å². The summed E-state index contributed by atoms with van der Waals surface area (Å²) < 4.78 is 28.1. The molecule has 0 atom stereocenters. The lowest BCUT2D eigenvalue weighted by Crippen LogP contribution is -2.45. The number of carboxylic acid groups (broad SMARTS) is 1. The largest absolute Gasteiger partial charge is 0.510 e. The summed E-state index contributed by atoms with van der Waals surface area (Å²) in [5, 5.41) is 12.6. The molecule has 144 valence electrons. The van der Waals surface area contributed by atoms with Crippen molar-refractivity contribution < 1.29 is 33.3 Å². The smallest absolute Gasteiger partial charge is 0.450 e. The number of hydrogen-bond donors (Lipinski definition) is 1. The lowest BCUT2D eigenvalue weighted by Gasteiger charge is -2.35. The van der Waals surface area contributed by atoms with Crippen LogP contribution < -0.4 is 0 Å². The molecule has 0 unspecified atom stereocenters. The molecule has 0 amide bonds. The van der Waals surface area contributed by atoms with Crippen molar-refractivity contribution >= 4 is 11.9 Å². The van der Waals surface area contributed by atoms with Gasteiger partial charge in [0, 0.05) is 12.8 Å². The van der Waals surface area contributed by atoms with Crippen LogP contribution in [-0.4, -0.2) is 42.8 Å². The Kier molecular flexibility index (Phi) is 7.35. The van der Waals surface area contributed by atoms with Crippen molar-refractivity contribution in [2.24, 2.45) is 11.1 Å². The maximum atomic E-state index is 12.9. The second-order valence-electron chi connectivity index (χ2n) is 6.23. The minimum atomic E-state index is -1.52. The summed E-state index contributed by atoms with van der Waals surface area (Å²) in [6.45, 7) is 4.48. The highest BCUT2D eigenvalue weighted by molar-refractivity contribution is 5.98. The Hall–Kier alpha value is -2.19. The van der Waals surface area contributed by atoms with Gasteiger partial charge in [0.25, 0.3) is 0 Å². The summed E-state index contributed by atoms with van der Waals surface area (Å²) in [7, 11) is 0. The van der Waals surface area contributed by atoms with Gasteiger partial charge < -0.3 is 24.2 Å². The monoisotopic (exact) mass is 369 g/mol. The Morgan fingerprint density at radius 3 is 2.58 bits per heavy atom. The van der Waals surface area contributed by atoms with Crippen molar-refractivity contribution in [1.82, 2.24) is 0 Å². The molecule has 1 saturated heterocycles. The van der Waals surface area contributed by atoms with Gasteiger partial charge in [-0.15, -0.1) is 0 Å². The lowest BCUT2D eigenvalue weighted by molar-refractivity contribution is -0.379. The van der Waals surface area contributed by atoms with E-state index in [1.807, 2.05) is 0 Å². The highest BCUT2D eigenvalue weighted by Crippen LogP contribution is 2.25. The molecule has 7 nitrogen and oxygen atoms in total. The fourth-order valence-electron chi connectivity index (χ4n) is 2.50. The van der Waals surface area contributed by atoms with Gasteiger partial charge in [0.15, 0.2) is 0 Å². The molecule has 1 fully saturated rings. The summed E-state index contributed by atoms with van der Waals surface area (Å²) >= 11 is 0. The Morgan fingerprint density at radius 2 is 1.96 bits per heavy atom. The molecule has 0 saturated carbocycles. The van der Waals surface area contributed by atoms with Crippen LogP contribution in [-0.2, 0) is 19.0 Å². The van der Waals surface area contributed by atoms with Crippen LogP contribution in [0.1, 0.15) is 38.7 Å². The number of unbranched alkanes of at least 4 members (excludes halogenated alkanes) is 1. The minimum Gasteiger partial charge on any atom is -0.450 e. The number of oxime groups is 1. The van der Waals surface area contributed by atoms with Crippen molar-refractivity contribution in [2.75, 3.05) is 19.8 Å². The zero-order chi connectivity index (χ0) is 19.0. The fourth-order valence-corrected chi connectivity index (χ4v) is 2.50. The number of nitrogens with zero attached hydrogens (tertiary/aromatic N) is 1. The topological polar surface area (TPSA) is 86.6 Å². The molecule has 1 aromatic carbocycles. The number of benzene rings is 1. The van der Waals surface area contributed by atoms with E-state index in [2.05, 4.69) is 9.89 Å². The molecule has 0 aliphatic carbocycles. The van der Waals surface area contributed by atoms with Crippen molar-refractivity contribution in [3.8, 4) is 0 Å². The van der Waals surface area contributed by atoms with E-state index in [1.54, 1.807) is 19.1 Å². The van der Waals surface area contributed by atoms with Crippen LogP contribution in [0.2, 0.25) is 0 Å². The van der Waals surface area contributed by atoms with E-state index in [4.69, 9.17) is 19.4 Å². The van der Waals surface area contributed by atoms with E-state index in [1.165, 1.54) is 19.1 Å².